The van der Waals surface area contributed by atoms with Gasteiger partial charge in [-0.15, -0.1) is 25.3 Å². The molecule has 1 nitrogen and oxygen atoms in total. The van der Waals surface area contributed by atoms with Crippen molar-refractivity contribution in [3.05, 3.63) is 0 Å². The molecule has 0 aromatic heterocycles. The predicted octanol–water partition coefficient (Wildman–Crippen LogP) is 0.530. The van der Waals surface area contributed by atoms with E-state index in [2.05, 4.69) is 30.0 Å². The lowest BCUT2D eigenvalue weighted by atomic mass is 11.0. The van der Waals surface area contributed by atoms with Crippen molar-refractivity contribution in [2.75, 3.05) is 6.61 Å². The third-order valence-electron chi connectivity index (χ3n) is 0.403. The Morgan fingerprint density at radius 3 is 1.80 bits per heavy atom. The maximum atomic E-state index is 4.62. The van der Waals surface area contributed by atoms with Gasteiger partial charge in [-0.1, -0.05) is 0 Å². The highest BCUT2D eigenvalue weighted by Gasteiger charge is 2.35. The Morgan fingerprint density at radius 1 is 1.60 bits per heavy atom. The summed E-state index contributed by atoms with van der Waals surface area (Å²) in [5.74, 6) is 0. The summed E-state index contributed by atoms with van der Waals surface area (Å²) >= 11 is 7.75. The first-order valence-corrected chi connectivity index (χ1v) is 2.19. The van der Waals surface area contributed by atoms with Crippen LogP contribution in [0.25, 0.3) is 0 Å². The molecule has 1 saturated heterocycles. The lowest BCUT2D eigenvalue weighted by molar-refractivity contribution is 0.447. The maximum Gasteiger partial charge on any atom is 0.178 e. The molecule has 30 valence electrons. The molecule has 1 fully saturated rings. The Balaban J connectivity index is 2.38. The summed E-state index contributed by atoms with van der Waals surface area (Å²) in [6.45, 7) is 0.680. The molecule has 3 heteroatoms. The van der Waals surface area contributed by atoms with Gasteiger partial charge in [-0.2, -0.15) is 0 Å². The summed E-state index contributed by atoms with van der Waals surface area (Å²) in [5.41, 5.74) is 0. The zero-order chi connectivity index (χ0) is 3.91. The largest absolute Gasteiger partial charge is 0.348 e. The van der Waals surface area contributed by atoms with E-state index in [4.69, 9.17) is 0 Å². The minimum Gasteiger partial charge on any atom is -0.348 e. The number of hydrogen-bond acceptors (Lipinski definition) is 3. The number of hydrogen-bond donors (Lipinski definition) is 2. The van der Waals surface area contributed by atoms with Crippen molar-refractivity contribution < 1.29 is 4.74 Å². The smallest absolute Gasteiger partial charge is 0.178 e. The van der Waals surface area contributed by atoms with Crippen LogP contribution in [-0.2, 0) is 4.74 Å². The van der Waals surface area contributed by atoms with E-state index >= 15 is 0 Å². The van der Waals surface area contributed by atoms with Gasteiger partial charge in [0.15, 0.2) is 4.27 Å². The normalized spacial score (nSPS) is 30.0. The summed E-state index contributed by atoms with van der Waals surface area (Å²) in [4.78, 5) is 0. The fraction of sp³-hybridized carbons (Fsp3) is 1.00. The van der Waals surface area contributed by atoms with Gasteiger partial charge < -0.3 is 4.74 Å². The fourth-order valence-electron chi connectivity index (χ4n) is 0.0645. The molecule has 1 heterocycles. The van der Waals surface area contributed by atoms with Crippen LogP contribution in [-0.4, -0.2) is 10.9 Å². The van der Waals surface area contributed by atoms with Crippen LogP contribution < -0.4 is 0 Å². The third-order valence-corrected chi connectivity index (χ3v) is 0.919. The van der Waals surface area contributed by atoms with Crippen LogP contribution in [0.3, 0.4) is 0 Å². The quantitative estimate of drug-likeness (QED) is 0.262. The average Bonchev–Trinajstić information content (AvgIpc) is 1.76. The first kappa shape index (κ1) is 3.84. The lowest BCUT2D eigenvalue weighted by Gasteiger charge is -1.79. The van der Waals surface area contributed by atoms with Gasteiger partial charge in [-0.05, 0) is 0 Å². The zero-order valence-corrected chi connectivity index (χ0v) is 4.30. The molecule has 1 aliphatic rings. The molecule has 0 aliphatic carbocycles. The van der Waals surface area contributed by atoms with Crippen LogP contribution in [0, 0.1) is 0 Å². The summed E-state index contributed by atoms with van der Waals surface area (Å²) in [5, 5.41) is 0. The topological polar surface area (TPSA) is 12.5 Å². The minimum absolute atomic E-state index is 0.361. The number of epoxide rings is 1. The number of ether oxygens (including phenoxy) is 1. The van der Waals surface area contributed by atoms with E-state index in [9.17, 15) is 0 Å². The van der Waals surface area contributed by atoms with E-state index in [1.165, 1.54) is 0 Å². The second-order valence-electron chi connectivity index (χ2n) is 1.03. The highest BCUT2D eigenvalue weighted by Crippen LogP contribution is 2.34. The van der Waals surface area contributed by atoms with Crippen molar-refractivity contribution in [1.82, 2.24) is 0 Å². The van der Waals surface area contributed by atoms with Gasteiger partial charge in [0.25, 0.3) is 0 Å². The molecule has 0 spiro atoms. The van der Waals surface area contributed by atoms with Gasteiger partial charge in [0.1, 0.15) is 0 Å². The van der Waals surface area contributed by atoms with Crippen LogP contribution in [0.4, 0.5) is 0 Å². The van der Waals surface area contributed by atoms with Crippen LogP contribution in [0.5, 0.6) is 0 Å². The molecule has 1 aliphatic heterocycles. The molecule has 1 rings (SSSR count). The average molecular weight is 108 g/mol. The van der Waals surface area contributed by atoms with E-state index < -0.39 is 0 Å². The lowest BCUT2D eigenvalue weighted by Crippen LogP contribution is -1.78. The van der Waals surface area contributed by atoms with E-state index in [0.717, 1.165) is 0 Å². The monoisotopic (exact) mass is 108 g/mol. The first-order valence-electron chi connectivity index (χ1n) is 1.29. The molecule has 0 aromatic rings. The summed E-state index contributed by atoms with van der Waals surface area (Å²) in [6, 6.07) is 0. The molecule has 0 aromatic carbocycles. The van der Waals surface area contributed by atoms with Gasteiger partial charge >= 0.3 is 0 Å². The second kappa shape index (κ2) is 0.832. The first-order chi connectivity index (χ1) is 2.21. The Labute approximate surface area is 41.5 Å². The Bertz CT molecular complexity index is 45.6. The number of thiol groups is 2. The molecule has 0 radical (unpaired) electrons. The van der Waals surface area contributed by atoms with Crippen molar-refractivity contribution in [2.24, 2.45) is 0 Å². The molecule has 5 heavy (non-hydrogen) atoms. The van der Waals surface area contributed by atoms with Gasteiger partial charge in [0, 0.05) is 0 Å². The highest BCUT2D eigenvalue weighted by molar-refractivity contribution is 8.00. The molecule has 0 atom stereocenters. The van der Waals surface area contributed by atoms with Crippen LogP contribution in [0.1, 0.15) is 0 Å². The fourth-order valence-corrected chi connectivity index (χ4v) is 0.194. The molecule has 0 N–H and O–H groups in total. The van der Waals surface area contributed by atoms with Crippen molar-refractivity contribution in [1.29, 1.82) is 0 Å². The second-order valence-corrected chi connectivity index (χ2v) is 2.83. The van der Waals surface area contributed by atoms with Crippen LogP contribution in [0.2, 0.25) is 0 Å². The van der Waals surface area contributed by atoms with E-state index in [1.54, 1.807) is 0 Å². The molecule has 0 saturated carbocycles. The Kier molecular flexibility index (Phi) is 0.639. The van der Waals surface area contributed by atoms with Crippen molar-refractivity contribution >= 4 is 25.3 Å². The SMILES string of the molecule is SC1(S)CO1. The summed E-state index contributed by atoms with van der Waals surface area (Å²) in [6.07, 6.45) is 0. The minimum atomic E-state index is -0.361. The maximum absolute atomic E-state index is 4.62. The number of rotatable bonds is 0. The summed E-state index contributed by atoms with van der Waals surface area (Å²) < 4.78 is 4.26. The van der Waals surface area contributed by atoms with Gasteiger partial charge in [0.05, 0.1) is 6.61 Å². The summed E-state index contributed by atoms with van der Waals surface area (Å²) in [7, 11) is 0. The Morgan fingerprint density at radius 2 is 1.80 bits per heavy atom. The molecule has 0 bridgehead atoms. The van der Waals surface area contributed by atoms with Crippen LogP contribution >= 0.6 is 25.3 Å². The molecule has 0 amide bonds. The standard InChI is InChI=1S/C2H4OS2/c4-2(5)1-3-2/h4-5H,1H2. The predicted molar refractivity (Wildman–Crippen MR) is 26.7 cm³/mol. The van der Waals surface area contributed by atoms with E-state index in [-0.39, 0.29) is 4.27 Å². The molecule has 0 unspecified atom stereocenters. The highest BCUT2D eigenvalue weighted by atomic mass is 32.2. The van der Waals surface area contributed by atoms with Gasteiger partial charge in [0.2, 0.25) is 0 Å². The van der Waals surface area contributed by atoms with Crippen molar-refractivity contribution in [3.63, 3.8) is 0 Å². The van der Waals surface area contributed by atoms with Gasteiger partial charge in [-0.25, -0.2) is 0 Å². The van der Waals surface area contributed by atoms with Crippen molar-refractivity contribution in [3.8, 4) is 0 Å². The van der Waals surface area contributed by atoms with E-state index in [0.29, 0.717) is 6.61 Å². The third kappa shape index (κ3) is 1.03. The zero-order valence-electron chi connectivity index (χ0n) is 2.51. The van der Waals surface area contributed by atoms with Crippen LogP contribution in [0.15, 0.2) is 0 Å². The Hall–Kier alpha value is 0.660. The molecular formula is C2H4OS2. The van der Waals surface area contributed by atoms with E-state index in [1.807, 2.05) is 0 Å². The van der Waals surface area contributed by atoms with Gasteiger partial charge in [-0.3, -0.25) is 0 Å². The van der Waals surface area contributed by atoms with Crippen molar-refractivity contribution in [2.45, 2.75) is 4.27 Å². The molecular weight excluding hydrogens is 104 g/mol.